The summed E-state index contributed by atoms with van der Waals surface area (Å²) in [6.45, 7) is 2.37. The smallest absolute Gasteiger partial charge is 0.210 e. The Balaban J connectivity index is 1.70. The van der Waals surface area contributed by atoms with E-state index in [1.807, 2.05) is 12.1 Å². The van der Waals surface area contributed by atoms with Crippen LogP contribution in [0.3, 0.4) is 0 Å². The Morgan fingerprint density at radius 2 is 1.67 bits per heavy atom. The van der Waals surface area contributed by atoms with Crippen molar-refractivity contribution in [2.75, 3.05) is 7.05 Å². The number of hydrogen-bond donors (Lipinski definition) is 0. The highest BCUT2D eigenvalue weighted by atomic mass is 79.9. The lowest BCUT2D eigenvalue weighted by Crippen LogP contribution is -2.33. The molecule has 2 heterocycles. The van der Waals surface area contributed by atoms with Gasteiger partial charge in [-0.3, -0.25) is 0 Å². The Morgan fingerprint density at radius 1 is 0.900 bits per heavy atom. The van der Waals surface area contributed by atoms with E-state index < -0.39 is 0 Å². The van der Waals surface area contributed by atoms with Gasteiger partial charge in [-0.15, -0.1) is 0 Å². The van der Waals surface area contributed by atoms with Gasteiger partial charge in [0.25, 0.3) is 0 Å². The van der Waals surface area contributed by atoms with Crippen molar-refractivity contribution in [1.82, 2.24) is 0 Å². The molecule has 0 saturated heterocycles. The van der Waals surface area contributed by atoms with Gasteiger partial charge in [0.2, 0.25) is 5.69 Å². The van der Waals surface area contributed by atoms with Gasteiger partial charge in [-0.05, 0) is 69.9 Å². The molecule has 5 rings (SSSR count). The van der Waals surface area contributed by atoms with Crippen LogP contribution in [0.2, 0.25) is 0 Å². The van der Waals surface area contributed by atoms with E-state index >= 15 is 0 Å². The second-order valence-corrected chi connectivity index (χ2v) is 8.88. The Morgan fingerprint density at radius 3 is 2.43 bits per heavy atom. The molecule has 4 aromatic rings. The zero-order valence-corrected chi connectivity index (χ0v) is 18.7. The molecule has 30 heavy (non-hydrogen) atoms. The summed E-state index contributed by atoms with van der Waals surface area (Å²) in [6, 6.07) is 27.9. The number of benzene rings is 3. The molecular weight excluding hydrogens is 434 g/mol. The number of halogens is 1. The minimum absolute atomic E-state index is 0.160. The molecule has 1 aromatic heterocycles. The highest BCUT2D eigenvalue weighted by Crippen LogP contribution is 2.45. The maximum absolute atomic E-state index is 5.71. The fourth-order valence-electron chi connectivity index (χ4n) is 4.81. The number of nitrogens with zero attached hydrogens (tertiary/aromatic N) is 1. The van der Waals surface area contributed by atoms with E-state index in [0.29, 0.717) is 0 Å². The van der Waals surface area contributed by atoms with Gasteiger partial charge in [0.1, 0.15) is 12.8 Å². The minimum atomic E-state index is -0.160. The van der Waals surface area contributed by atoms with E-state index in [9.17, 15) is 0 Å². The van der Waals surface area contributed by atoms with Gasteiger partial charge < -0.3 is 4.42 Å². The lowest BCUT2D eigenvalue weighted by atomic mass is 9.73. The van der Waals surface area contributed by atoms with Crippen molar-refractivity contribution in [3.05, 3.63) is 106 Å². The highest BCUT2D eigenvalue weighted by Gasteiger charge is 2.47. The molecule has 1 aliphatic rings. The van der Waals surface area contributed by atoms with Gasteiger partial charge in [-0.2, -0.15) is 4.58 Å². The number of hydrogen-bond acceptors (Lipinski definition) is 1. The summed E-state index contributed by atoms with van der Waals surface area (Å²) < 4.78 is 8.79. The minimum Gasteiger partial charge on any atom is -0.450 e. The van der Waals surface area contributed by atoms with Crippen LogP contribution in [0.1, 0.15) is 23.8 Å². The second-order valence-electron chi connectivity index (χ2n) is 8.09. The van der Waals surface area contributed by atoms with Crippen LogP contribution < -0.4 is 0 Å². The van der Waals surface area contributed by atoms with Crippen molar-refractivity contribution >= 4 is 44.2 Å². The van der Waals surface area contributed by atoms with Crippen LogP contribution in [0, 0.1) is 0 Å². The molecule has 3 aromatic carbocycles. The Kier molecular flexibility index (Phi) is 4.71. The molecule has 0 radical (unpaired) electrons. The number of furan rings is 1. The third kappa shape index (κ3) is 3.14. The van der Waals surface area contributed by atoms with Crippen molar-refractivity contribution in [3.63, 3.8) is 0 Å². The van der Waals surface area contributed by atoms with Crippen LogP contribution in [0.25, 0.3) is 16.8 Å². The molecule has 1 atom stereocenters. The third-order valence-electron chi connectivity index (χ3n) is 6.15. The van der Waals surface area contributed by atoms with E-state index in [1.165, 1.54) is 33.3 Å². The molecule has 0 amide bonds. The molecular formula is C27H23BrNO+. The van der Waals surface area contributed by atoms with Gasteiger partial charge in [-0.1, -0.05) is 54.6 Å². The molecule has 0 spiro atoms. The molecule has 1 aliphatic heterocycles. The fourth-order valence-corrected chi connectivity index (χ4v) is 5.12. The first kappa shape index (κ1) is 19.1. The summed E-state index contributed by atoms with van der Waals surface area (Å²) >= 11 is 3.40. The summed E-state index contributed by atoms with van der Waals surface area (Å²) in [6.07, 6.45) is 5.21. The van der Waals surface area contributed by atoms with Gasteiger partial charge >= 0.3 is 0 Å². The van der Waals surface area contributed by atoms with Crippen LogP contribution in [0.15, 0.2) is 94.0 Å². The van der Waals surface area contributed by atoms with Crippen LogP contribution in [0.4, 0.5) is 5.69 Å². The molecule has 148 valence electrons. The maximum Gasteiger partial charge on any atom is 0.210 e. The summed E-state index contributed by atoms with van der Waals surface area (Å²) in [4.78, 5) is 0. The first-order valence-electron chi connectivity index (χ1n) is 10.2. The van der Waals surface area contributed by atoms with E-state index in [1.54, 1.807) is 0 Å². The molecule has 1 unspecified atom stereocenters. The van der Waals surface area contributed by atoms with Gasteiger partial charge in [0.05, 0.1) is 5.41 Å². The number of allylic oxidation sites excluding steroid dienone is 1. The Labute approximate surface area is 185 Å². The topological polar surface area (TPSA) is 16.1 Å². The summed E-state index contributed by atoms with van der Waals surface area (Å²) in [5.74, 6) is 0.839. The standard InChI is InChI=1S/C27H23BrNO/c1-27(18-19-8-4-3-5-9-19)24(16-13-21-14-17-25(28)30-21)29(2)23-15-12-20-10-6-7-11-22(20)26(23)27/h3-17H,18H2,1-2H3/q+1/b16-13+. The van der Waals surface area contributed by atoms with E-state index in [-0.39, 0.29) is 5.41 Å². The predicted octanol–water partition coefficient (Wildman–Crippen LogP) is 7.14. The van der Waals surface area contributed by atoms with E-state index in [0.717, 1.165) is 16.9 Å². The van der Waals surface area contributed by atoms with Crippen molar-refractivity contribution < 1.29 is 8.99 Å². The zero-order valence-electron chi connectivity index (χ0n) is 17.1. The lowest BCUT2D eigenvalue weighted by Gasteiger charge is -2.24. The Bertz CT molecular complexity index is 1300. The predicted molar refractivity (Wildman–Crippen MR) is 128 cm³/mol. The molecule has 0 aliphatic carbocycles. The average molecular weight is 457 g/mol. The number of rotatable bonds is 4. The molecule has 0 N–H and O–H groups in total. The number of fused-ring (bicyclic) bond motifs is 3. The zero-order chi connectivity index (χ0) is 20.7. The normalized spacial score (nSPS) is 18.5. The van der Waals surface area contributed by atoms with Gasteiger partial charge in [0, 0.05) is 17.7 Å². The SMILES string of the molecule is C[N+]1=C(/C=C/c2ccc(Br)o2)C(C)(Cc2ccccc2)c2c1ccc1ccccc21. The third-order valence-corrected chi connectivity index (χ3v) is 6.57. The average Bonchev–Trinajstić information content (AvgIpc) is 3.26. The summed E-state index contributed by atoms with van der Waals surface area (Å²) in [7, 11) is 2.17. The van der Waals surface area contributed by atoms with Crippen molar-refractivity contribution in [1.29, 1.82) is 0 Å². The summed E-state index contributed by atoms with van der Waals surface area (Å²) in [5, 5.41) is 2.61. The van der Waals surface area contributed by atoms with Crippen LogP contribution in [-0.2, 0) is 11.8 Å². The van der Waals surface area contributed by atoms with E-state index in [4.69, 9.17) is 4.42 Å². The largest absolute Gasteiger partial charge is 0.450 e. The molecule has 0 bridgehead atoms. The maximum atomic E-state index is 5.71. The van der Waals surface area contributed by atoms with Gasteiger partial charge in [-0.25, -0.2) is 0 Å². The quantitative estimate of drug-likeness (QED) is 0.298. The highest BCUT2D eigenvalue weighted by molar-refractivity contribution is 9.10. The molecule has 0 saturated carbocycles. The van der Waals surface area contributed by atoms with E-state index in [2.05, 4.69) is 113 Å². The first-order chi connectivity index (χ1) is 14.6. The van der Waals surface area contributed by atoms with Crippen molar-refractivity contribution in [3.8, 4) is 0 Å². The second kappa shape index (κ2) is 7.41. The molecule has 3 heteroatoms. The van der Waals surface area contributed by atoms with Crippen LogP contribution in [0.5, 0.6) is 0 Å². The van der Waals surface area contributed by atoms with Crippen LogP contribution >= 0.6 is 15.9 Å². The lowest BCUT2D eigenvalue weighted by molar-refractivity contribution is -0.401. The fraction of sp³-hybridized carbons (Fsp3) is 0.148. The van der Waals surface area contributed by atoms with Crippen molar-refractivity contribution in [2.24, 2.45) is 0 Å². The first-order valence-corrected chi connectivity index (χ1v) is 11.0. The molecule has 0 fully saturated rings. The monoisotopic (exact) mass is 456 g/mol. The molecule has 2 nitrogen and oxygen atoms in total. The summed E-state index contributed by atoms with van der Waals surface area (Å²) in [5.41, 5.74) is 5.11. The van der Waals surface area contributed by atoms with Gasteiger partial charge in [0.15, 0.2) is 10.4 Å². The van der Waals surface area contributed by atoms with Crippen molar-refractivity contribution in [2.45, 2.75) is 18.8 Å². The Hall–Kier alpha value is -2.91. The van der Waals surface area contributed by atoms with Crippen LogP contribution in [-0.4, -0.2) is 17.3 Å².